The van der Waals surface area contributed by atoms with Crippen LogP contribution < -0.4 is 5.32 Å². The summed E-state index contributed by atoms with van der Waals surface area (Å²) in [6.45, 7) is 3.12. The van der Waals surface area contributed by atoms with Crippen LogP contribution in [0.4, 0.5) is 4.39 Å². The molecule has 0 heterocycles. The van der Waals surface area contributed by atoms with Crippen LogP contribution in [0.5, 0.6) is 0 Å². The number of halogens is 2. The molecule has 1 atom stereocenters. The molecule has 0 bridgehead atoms. The maximum Gasteiger partial charge on any atom is 0.124 e. The molecule has 0 spiro atoms. The summed E-state index contributed by atoms with van der Waals surface area (Å²) in [5, 5.41) is 3.63. The Morgan fingerprint density at radius 1 is 1.26 bits per heavy atom. The van der Waals surface area contributed by atoms with E-state index in [2.05, 4.69) is 34.8 Å². The zero-order chi connectivity index (χ0) is 13.7. The van der Waals surface area contributed by atoms with E-state index in [-0.39, 0.29) is 5.82 Å². The van der Waals surface area contributed by atoms with Gasteiger partial charge in [-0.3, -0.25) is 0 Å². The van der Waals surface area contributed by atoms with Crippen LogP contribution in [-0.4, -0.2) is 6.54 Å². The summed E-state index contributed by atoms with van der Waals surface area (Å²) in [5.41, 5.74) is 1.27. The highest BCUT2D eigenvalue weighted by Crippen LogP contribution is 2.35. The maximum absolute atomic E-state index is 13.3. The monoisotopic (exact) mass is 375 g/mol. The number of nitrogens with one attached hydrogen (secondary N) is 1. The topological polar surface area (TPSA) is 12.0 Å². The van der Waals surface area contributed by atoms with E-state index in [1.165, 1.54) is 44.1 Å². The SMILES string of the molecule is CCNC(c1ccc(F)cc1I)C1CCCCCC1. The largest absolute Gasteiger partial charge is 0.310 e. The molecule has 3 heteroatoms. The van der Waals surface area contributed by atoms with E-state index in [0.29, 0.717) is 12.0 Å². The lowest BCUT2D eigenvalue weighted by Crippen LogP contribution is -2.29. The van der Waals surface area contributed by atoms with Crippen molar-refractivity contribution in [2.45, 2.75) is 51.5 Å². The van der Waals surface area contributed by atoms with E-state index in [4.69, 9.17) is 0 Å². The molecule has 0 saturated heterocycles. The van der Waals surface area contributed by atoms with Crippen molar-refractivity contribution in [3.05, 3.63) is 33.1 Å². The summed E-state index contributed by atoms with van der Waals surface area (Å²) < 4.78 is 14.3. The van der Waals surface area contributed by atoms with Gasteiger partial charge in [0.2, 0.25) is 0 Å². The molecule has 106 valence electrons. The summed E-state index contributed by atoms with van der Waals surface area (Å²) in [5.74, 6) is 0.561. The van der Waals surface area contributed by atoms with Gasteiger partial charge in [-0.2, -0.15) is 0 Å². The van der Waals surface area contributed by atoms with Crippen molar-refractivity contribution in [3.63, 3.8) is 0 Å². The van der Waals surface area contributed by atoms with Crippen LogP contribution in [0, 0.1) is 15.3 Å². The van der Waals surface area contributed by atoms with Crippen molar-refractivity contribution >= 4 is 22.6 Å². The molecule has 1 nitrogen and oxygen atoms in total. The fourth-order valence-corrected chi connectivity index (χ4v) is 3.96. The van der Waals surface area contributed by atoms with Gasteiger partial charge in [-0.25, -0.2) is 4.39 Å². The highest BCUT2D eigenvalue weighted by Gasteiger charge is 2.25. The Hall–Kier alpha value is -0.160. The summed E-state index contributed by atoms with van der Waals surface area (Å²) >= 11 is 2.27. The Morgan fingerprint density at radius 3 is 2.53 bits per heavy atom. The van der Waals surface area contributed by atoms with Crippen LogP contribution in [0.3, 0.4) is 0 Å². The number of hydrogen-bond acceptors (Lipinski definition) is 1. The van der Waals surface area contributed by atoms with Gasteiger partial charge in [0.05, 0.1) is 0 Å². The molecule has 0 aromatic heterocycles. The summed E-state index contributed by atoms with van der Waals surface area (Å²) in [6.07, 6.45) is 8.01. The minimum absolute atomic E-state index is 0.135. The molecule has 0 amide bonds. The van der Waals surface area contributed by atoms with Gasteiger partial charge in [0.1, 0.15) is 5.82 Å². The van der Waals surface area contributed by atoms with Crippen LogP contribution in [0.1, 0.15) is 57.1 Å². The molecule has 1 fully saturated rings. The average molecular weight is 375 g/mol. The third-order valence-electron chi connectivity index (χ3n) is 4.09. The molecule has 1 unspecified atom stereocenters. The van der Waals surface area contributed by atoms with E-state index in [9.17, 15) is 4.39 Å². The number of benzene rings is 1. The lowest BCUT2D eigenvalue weighted by molar-refractivity contribution is 0.329. The van der Waals surface area contributed by atoms with E-state index in [1.54, 1.807) is 12.1 Å². The van der Waals surface area contributed by atoms with Crippen LogP contribution >= 0.6 is 22.6 Å². The first kappa shape index (κ1) is 15.2. The quantitative estimate of drug-likeness (QED) is 0.574. The lowest BCUT2D eigenvalue weighted by Gasteiger charge is -2.28. The molecular weight excluding hydrogens is 352 g/mol. The van der Waals surface area contributed by atoms with Gasteiger partial charge >= 0.3 is 0 Å². The normalized spacial score (nSPS) is 19.1. The summed E-state index contributed by atoms with van der Waals surface area (Å²) in [7, 11) is 0. The molecule has 2 rings (SSSR count). The minimum Gasteiger partial charge on any atom is -0.310 e. The van der Waals surface area contributed by atoms with Gasteiger partial charge in [-0.1, -0.05) is 38.7 Å². The molecule has 1 aliphatic carbocycles. The Morgan fingerprint density at radius 2 is 1.95 bits per heavy atom. The second-order valence-corrected chi connectivity index (χ2v) is 6.62. The predicted molar refractivity (Wildman–Crippen MR) is 86.7 cm³/mol. The van der Waals surface area contributed by atoms with Crippen LogP contribution in [0.15, 0.2) is 18.2 Å². The van der Waals surface area contributed by atoms with E-state index < -0.39 is 0 Å². The minimum atomic E-state index is -0.135. The molecule has 1 saturated carbocycles. The fraction of sp³-hybridized carbons (Fsp3) is 0.625. The van der Waals surface area contributed by atoms with Crippen LogP contribution in [0.25, 0.3) is 0 Å². The van der Waals surface area contributed by atoms with Crippen molar-refractivity contribution < 1.29 is 4.39 Å². The Kier molecular flexibility index (Phi) is 6.07. The van der Waals surface area contributed by atoms with Crippen LogP contribution in [0.2, 0.25) is 0 Å². The van der Waals surface area contributed by atoms with E-state index >= 15 is 0 Å². The fourth-order valence-electron chi connectivity index (χ4n) is 3.15. The van der Waals surface area contributed by atoms with Crippen LogP contribution in [-0.2, 0) is 0 Å². The van der Waals surface area contributed by atoms with Gasteiger partial charge in [0.25, 0.3) is 0 Å². The second-order valence-electron chi connectivity index (χ2n) is 5.45. The van der Waals surface area contributed by atoms with Crippen molar-refractivity contribution in [1.29, 1.82) is 0 Å². The van der Waals surface area contributed by atoms with Gasteiger partial charge in [-0.15, -0.1) is 0 Å². The first-order chi connectivity index (χ1) is 9.22. The van der Waals surface area contributed by atoms with E-state index in [1.807, 2.05) is 6.07 Å². The van der Waals surface area contributed by atoms with Crippen molar-refractivity contribution in [2.75, 3.05) is 6.54 Å². The van der Waals surface area contributed by atoms with Crippen molar-refractivity contribution in [2.24, 2.45) is 5.92 Å². The molecular formula is C16H23FIN. The summed E-state index contributed by atoms with van der Waals surface area (Å²) in [4.78, 5) is 0. The van der Waals surface area contributed by atoms with Gasteiger partial charge in [0.15, 0.2) is 0 Å². The van der Waals surface area contributed by atoms with Gasteiger partial charge in [-0.05, 0) is 65.6 Å². The molecule has 1 aromatic carbocycles. The average Bonchev–Trinajstić information content (AvgIpc) is 2.65. The van der Waals surface area contributed by atoms with Crippen molar-refractivity contribution in [1.82, 2.24) is 5.32 Å². The number of hydrogen-bond donors (Lipinski definition) is 1. The smallest absolute Gasteiger partial charge is 0.124 e. The highest BCUT2D eigenvalue weighted by atomic mass is 127. The predicted octanol–water partition coefficient (Wildman–Crippen LogP) is 5.05. The van der Waals surface area contributed by atoms with Gasteiger partial charge in [0, 0.05) is 9.61 Å². The summed E-state index contributed by atoms with van der Waals surface area (Å²) in [6, 6.07) is 5.60. The highest BCUT2D eigenvalue weighted by molar-refractivity contribution is 14.1. The Balaban J connectivity index is 2.22. The Labute approximate surface area is 129 Å². The van der Waals surface area contributed by atoms with Gasteiger partial charge < -0.3 is 5.32 Å². The molecule has 0 radical (unpaired) electrons. The second kappa shape index (κ2) is 7.58. The third-order valence-corrected chi connectivity index (χ3v) is 5.03. The molecule has 1 N–H and O–H groups in total. The molecule has 0 aliphatic heterocycles. The maximum atomic E-state index is 13.3. The number of rotatable bonds is 4. The molecule has 1 aliphatic rings. The third kappa shape index (κ3) is 4.15. The first-order valence-corrected chi connectivity index (χ1v) is 8.48. The zero-order valence-corrected chi connectivity index (χ0v) is 13.7. The Bertz CT molecular complexity index is 400. The van der Waals surface area contributed by atoms with E-state index in [0.717, 1.165) is 10.1 Å². The lowest BCUT2D eigenvalue weighted by atomic mass is 9.87. The molecule has 1 aromatic rings. The van der Waals surface area contributed by atoms with Crippen molar-refractivity contribution in [3.8, 4) is 0 Å². The molecule has 19 heavy (non-hydrogen) atoms. The standard InChI is InChI=1S/C16H23FIN/c1-2-19-16(12-7-5-3-4-6-8-12)14-10-9-13(17)11-15(14)18/h9-12,16,19H,2-8H2,1H3. The first-order valence-electron chi connectivity index (χ1n) is 7.40. The zero-order valence-electron chi connectivity index (χ0n) is 11.6.